The SMILES string of the molecule is O=Cc1cc(-c2ccc3ccccc3c2)ccc1Cl.O=Cc1cc(Br)ccc1Cl.OB(O)c1ccc2ccccc2c1. The number of hydrogen-bond acceptors (Lipinski definition) is 4. The van der Waals surface area contributed by atoms with Gasteiger partial charge in [0.15, 0.2) is 12.6 Å². The highest BCUT2D eigenvalue weighted by Crippen LogP contribution is 2.27. The first kappa shape index (κ1) is 31.2. The Kier molecular flexibility index (Phi) is 11.1. The van der Waals surface area contributed by atoms with Crippen LogP contribution in [0.25, 0.3) is 32.7 Å². The predicted molar refractivity (Wildman–Crippen MR) is 178 cm³/mol. The van der Waals surface area contributed by atoms with Crippen molar-refractivity contribution in [2.45, 2.75) is 0 Å². The number of halogens is 3. The second kappa shape index (κ2) is 14.9. The summed E-state index contributed by atoms with van der Waals surface area (Å²) in [4.78, 5) is 21.2. The zero-order valence-corrected chi connectivity index (χ0v) is 25.2. The largest absolute Gasteiger partial charge is 0.488 e. The minimum Gasteiger partial charge on any atom is -0.423 e. The van der Waals surface area contributed by atoms with Crippen molar-refractivity contribution >= 4 is 85.8 Å². The summed E-state index contributed by atoms with van der Waals surface area (Å²) in [7, 11) is -1.38. The normalized spacial score (nSPS) is 10.2. The van der Waals surface area contributed by atoms with Crippen LogP contribution in [0, 0.1) is 0 Å². The lowest BCUT2D eigenvalue weighted by atomic mass is 9.79. The van der Waals surface area contributed by atoms with Crippen LogP contribution in [-0.2, 0) is 0 Å². The first-order valence-corrected chi connectivity index (χ1v) is 14.3. The molecule has 0 bridgehead atoms. The number of carbonyl (C=O) groups is 2. The molecule has 0 aliphatic carbocycles. The summed E-state index contributed by atoms with van der Waals surface area (Å²) in [6.45, 7) is 0. The lowest BCUT2D eigenvalue weighted by molar-refractivity contribution is 0.111. The van der Waals surface area contributed by atoms with Gasteiger partial charge in [0, 0.05) is 15.6 Å². The topological polar surface area (TPSA) is 74.6 Å². The van der Waals surface area contributed by atoms with E-state index >= 15 is 0 Å². The van der Waals surface area contributed by atoms with E-state index in [0.29, 0.717) is 26.6 Å². The van der Waals surface area contributed by atoms with E-state index in [0.717, 1.165) is 38.9 Å². The molecule has 0 saturated carbocycles. The highest BCUT2D eigenvalue weighted by molar-refractivity contribution is 9.10. The molecular formula is C34H24BBrCl2O4. The molecule has 0 radical (unpaired) electrons. The van der Waals surface area contributed by atoms with E-state index in [1.165, 1.54) is 10.8 Å². The van der Waals surface area contributed by atoms with E-state index in [-0.39, 0.29) is 0 Å². The zero-order chi connectivity index (χ0) is 30.1. The molecule has 0 heterocycles. The molecule has 0 unspecified atom stereocenters. The van der Waals surface area contributed by atoms with Crippen LogP contribution >= 0.6 is 39.1 Å². The van der Waals surface area contributed by atoms with Crippen LogP contribution in [-0.4, -0.2) is 29.7 Å². The number of hydrogen-bond donors (Lipinski definition) is 2. The van der Waals surface area contributed by atoms with E-state index in [4.69, 9.17) is 33.2 Å². The minimum absolute atomic E-state index is 0.484. The molecule has 208 valence electrons. The maximum atomic E-state index is 10.9. The molecule has 0 aromatic heterocycles. The lowest BCUT2D eigenvalue weighted by Gasteiger charge is -2.06. The van der Waals surface area contributed by atoms with Crippen molar-refractivity contribution in [1.82, 2.24) is 0 Å². The summed E-state index contributed by atoms with van der Waals surface area (Å²) in [6.07, 6.45) is 1.51. The van der Waals surface area contributed by atoms with E-state index in [2.05, 4.69) is 46.3 Å². The van der Waals surface area contributed by atoms with Gasteiger partial charge in [-0.05, 0) is 74.5 Å². The van der Waals surface area contributed by atoms with E-state index in [1.807, 2.05) is 54.6 Å². The minimum atomic E-state index is -1.38. The molecule has 6 aromatic rings. The van der Waals surface area contributed by atoms with Crippen LogP contribution in [0.4, 0.5) is 0 Å². The van der Waals surface area contributed by atoms with Crippen molar-refractivity contribution in [2.75, 3.05) is 0 Å². The Labute approximate surface area is 262 Å². The monoisotopic (exact) mass is 656 g/mol. The second-order valence-electron chi connectivity index (χ2n) is 9.18. The van der Waals surface area contributed by atoms with Gasteiger partial charge in [-0.25, -0.2) is 0 Å². The second-order valence-corrected chi connectivity index (χ2v) is 10.9. The van der Waals surface area contributed by atoms with Gasteiger partial charge < -0.3 is 10.0 Å². The highest BCUT2D eigenvalue weighted by atomic mass is 79.9. The number of rotatable bonds is 4. The smallest absolute Gasteiger partial charge is 0.423 e. The Hall–Kier alpha value is -3.78. The van der Waals surface area contributed by atoms with E-state index in [1.54, 1.807) is 36.4 Å². The summed E-state index contributed by atoms with van der Waals surface area (Å²) in [6, 6.07) is 38.3. The first-order chi connectivity index (χ1) is 20.3. The summed E-state index contributed by atoms with van der Waals surface area (Å²) in [5, 5.41) is 23.4. The zero-order valence-electron chi connectivity index (χ0n) is 22.1. The van der Waals surface area contributed by atoms with Gasteiger partial charge >= 0.3 is 7.12 Å². The molecule has 0 aliphatic heterocycles. The lowest BCUT2D eigenvalue weighted by Crippen LogP contribution is -2.29. The van der Waals surface area contributed by atoms with Gasteiger partial charge in [0.05, 0.1) is 10.0 Å². The molecule has 42 heavy (non-hydrogen) atoms. The van der Waals surface area contributed by atoms with Gasteiger partial charge in [0.1, 0.15) is 0 Å². The quantitative estimate of drug-likeness (QED) is 0.147. The molecule has 0 saturated heterocycles. The van der Waals surface area contributed by atoms with Crippen LogP contribution in [0.1, 0.15) is 20.7 Å². The molecule has 4 nitrogen and oxygen atoms in total. The Morgan fingerprint density at radius 1 is 0.548 bits per heavy atom. The maximum Gasteiger partial charge on any atom is 0.488 e. The average Bonchev–Trinajstić information content (AvgIpc) is 3.02. The molecule has 0 atom stereocenters. The van der Waals surface area contributed by atoms with E-state index < -0.39 is 7.12 Å². The van der Waals surface area contributed by atoms with Crippen LogP contribution in [0.5, 0.6) is 0 Å². The van der Waals surface area contributed by atoms with Crippen molar-refractivity contribution in [3.05, 3.63) is 147 Å². The van der Waals surface area contributed by atoms with Crippen LogP contribution < -0.4 is 5.46 Å². The Bertz CT molecular complexity index is 1860. The van der Waals surface area contributed by atoms with Gasteiger partial charge in [-0.15, -0.1) is 0 Å². The Balaban J connectivity index is 0.000000154. The third kappa shape index (κ3) is 8.16. The van der Waals surface area contributed by atoms with Crippen molar-refractivity contribution in [1.29, 1.82) is 0 Å². The molecule has 0 fully saturated rings. The fraction of sp³-hybridized carbons (Fsp3) is 0. The van der Waals surface area contributed by atoms with Crippen molar-refractivity contribution in [3.8, 4) is 11.1 Å². The molecule has 0 amide bonds. The van der Waals surface area contributed by atoms with Gasteiger partial charge in [-0.3, -0.25) is 9.59 Å². The first-order valence-electron chi connectivity index (χ1n) is 12.8. The summed E-state index contributed by atoms with van der Waals surface area (Å²) in [5.74, 6) is 0. The number of carbonyl (C=O) groups excluding carboxylic acids is 2. The number of aldehydes is 2. The van der Waals surface area contributed by atoms with Crippen LogP contribution in [0.15, 0.2) is 126 Å². The third-order valence-electron chi connectivity index (χ3n) is 6.36. The molecule has 0 spiro atoms. The Morgan fingerprint density at radius 3 is 1.60 bits per heavy atom. The maximum absolute atomic E-state index is 10.9. The predicted octanol–water partition coefficient (Wildman–Crippen LogP) is 8.41. The summed E-state index contributed by atoms with van der Waals surface area (Å²) >= 11 is 14.8. The summed E-state index contributed by atoms with van der Waals surface area (Å²) in [5.41, 5.74) is 3.64. The van der Waals surface area contributed by atoms with Crippen molar-refractivity contribution in [3.63, 3.8) is 0 Å². The fourth-order valence-electron chi connectivity index (χ4n) is 4.16. The standard InChI is InChI=1S/C17H11ClO.C10H9BO2.C7H4BrClO/c18-17-8-7-15(10-16(17)11-19)14-6-5-12-3-1-2-4-13(12)9-14;12-11(13)10-6-5-8-3-1-2-4-9(8)7-10;8-6-1-2-7(9)5(3-6)4-10/h1-11H;1-7,12-13H;1-4H. The van der Waals surface area contributed by atoms with Crippen LogP contribution in [0.2, 0.25) is 10.0 Å². The van der Waals surface area contributed by atoms with Gasteiger partial charge in [0.25, 0.3) is 0 Å². The van der Waals surface area contributed by atoms with Crippen molar-refractivity contribution < 1.29 is 19.6 Å². The highest BCUT2D eigenvalue weighted by Gasteiger charge is 2.10. The molecule has 8 heteroatoms. The molecule has 6 rings (SSSR count). The summed E-state index contributed by atoms with van der Waals surface area (Å²) < 4.78 is 0.860. The molecule has 2 N–H and O–H groups in total. The third-order valence-corrected chi connectivity index (χ3v) is 7.54. The Morgan fingerprint density at radius 2 is 1.02 bits per heavy atom. The van der Waals surface area contributed by atoms with Gasteiger partial charge in [-0.2, -0.15) is 0 Å². The fourth-order valence-corrected chi connectivity index (χ4v) is 4.86. The average molecular weight is 658 g/mol. The van der Waals surface area contributed by atoms with Gasteiger partial charge in [0.2, 0.25) is 0 Å². The van der Waals surface area contributed by atoms with E-state index in [9.17, 15) is 9.59 Å². The molecule has 0 aliphatic rings. The van der Waals surface area contributed by atoms with Gasteiger partial charge in [-0.1, -0.05) is 124 Å². The molecule has 6 aromatic carbocycles. The van der Waals surface area contributed by atoms with Crippen molar-refractivity contribution in [2.24, 2.45) is 0 Å². The number of fused-ring (bicyclic) bond motifs is 2. The number of benzene rings is 6. The van der Waals surface area contributed by atoms with Crippen LogP contribution in [0.3, 0.4) is 0 Å². The molecular weight excluding hydrogens is 634 g/mol.